The van der Waals surface area contributed by atoms with Crippen LogP contribution in [0.4, 0.5) is 0 Å². The molecule has 0 fully saturated rings. The molecule has 0 bridgehead atoms. The summed E-state index contributed by atoms with van der Waals surface area (Å²) in [5.41, 5.74) is 1.29. The van der Waals surface area contributed by atoms with E-state index in [1.807, 2.05) is 6.08 Å². The van der Waals surface area contributed by atoms with Crippen molar-refractivity contribution in [2.24, 2.45) is 0 Å². The monoisotopic (exact) mass is 184 g/mol. The lowest BCUT2D eigenvalue weighted by atomic mass is 10.1. The molecule has 1 heteroatoms. The summed E-state index contributed by atoms with van der Waals surface area (Å²) < 4.78 is 0. The van der Waals surface area contributed by atoms with Crippen LogP contribution in [-0.4, -0.2) is 11.2 Å². The largest absolute Gasteiger partial charge is 0.389 e. The lowest BCUT2D eigenvalue weighted by molar-refractivity contribution is 0.207. The average Bonchev–Trinajstić information content (AvgIpc) is 2.12. The maximum absolute atomic E-state index is 9.57. The summed E-state index contributed by atoms with van der Waals surface area (Å²) in [6, 6.07) is 0. The summed E-state index contributed by atoms with van der Waals surface area (Å²) in [6.07, 6.45) is 8.73. The van der Waals surface area contributed by atoms with Gasteiger partial charge in [0.15, 0.2) is 0 Å². The minimum absolute atomic E-state index is 0.211. The number of hydrogen-bond acceptors (Lipinski definition) is 1. The maximum atomic E-state index is 9.57. The number of hydrogen-bond donors (Lipinski definition) is 1. The fourth-order valence-corrected chi connectivity index (χ4v) is 1.31. The highest BCUT2D eigenvalue weighted by Crippen LogP contribution is 2.09. The average molecular weight is 184 g/mol. The SMILES string of the molecule is CCCCCCC(O)C=C(C)CC. The van der Waals surface area contributed by atoms with E-state index < -0.39 is 0 Å². The lowest BCUT2D eigenvalue weighted by Crippen LogP contribution is -2.02. The van der Waals surface area contributed by atoms with Crippen LogP contribution in [-0.2, 0) is 0 Å². The highest BCUT2D eigenvalue weighted by molar-refractivity contribution is 5.00. The van der Waals surface area contributed by atoms with Crippen LogP contribution >= 0.6 is 0 Å². The van der Waals surface area contributed by atoms with Crippen LogP contribution in [0, 0.1) is 0 Å². The summed E-state index contributed by atoms with van der Waals surface area (Å²) in [5.74, 6) is 0. The number of aliphatic hydroxyl groups excluding tert-OH is 1. The van der Waals surface area contributed by atoms with Gasteiger partial charge in [0.05, 0.1) is 6.10 Å². The molecule has 0 aliphatic heterocycles. The van der Waals surface area contributed by atoms with Crippen LogP contribution in [0.3, 0.4) is 0 Å². The Morgan fingerprint density at radius 2 is 1.92 bits per heavy atom. The molecular formula is C12H24O. The predicted molar refractivity (Wildman–Crippen MR) is 58.8 cm³/mol. The molecule has 78 valence electrons. The van der Waals surface area contributed by atoms with E-state index in [0.717, 1.165) is 19.3 Å². The van der Waals surface area contributed by atoms with Crippen molar-refractivity contribution >= 4 is 0 Å². The highest BCUT2D eigenvalue weighted by Gasteiger charge is 1.99. The van der Waals surface area contributed by atoms with Crippen molar-refractivity contribution < 1.29 is 5.11 Å². The molecule has 1 nitrogen and oxygen atoms in total. The molecule has 1 N–H and O–H groups in total. The van der Waals surface area contributed by atoms with E-state index >= 15 is 0 Å². The van der Waals surface area contributed by atoms with E-state index in [1.54, 1.807) is 0 Å². The molecule has 0 aliphatic carbocycles. The van der Waals surface area contributed by atoms with E-state index in [4.69, 9.17) is 0 Å². The van der Waals surface area contributed by atoms with Gasteiger partial charge in [-0.15, -0.1) is 0 Å². The van der Waals surface area contributed by atoms with Gasteiger partial charge in [0.2, 0.25) is 0 Å². The van der Waals surface area contributed by atoms with Crippen molar-refractivity contribution in [2.75, 3.05) is 0 Å². The van der Waals surface area contributed by atoms with Crippen molar-refractivity contribution in [1.29, 1.82) is 0 Å². The van der Waals surface area contributed by atoms with Gasteiger partial charge < -0.3 is 5.11 Å². The van der Waals surface area contributed by atoms with E-state index in [2.05, 4.69) is 20.8 Å². The first-order valence-corrected chi connectivity index (χ1v) is 5.56. The van der Waals surface area contributed by atoms with Crippen molar-refractivity contribution in [1.82, 2.24) is 0 Å². The topological polar surface area (TPSA) is 20.2 Å². The number of rotatable bonds is 7. The molecular weight excluding hydrogens is 160 g/mol. The molecule has 0 spiro atoms. The fraction of sp³-hybridized carbons (Fsp3) is 0.833. The van der Waals surface area contributed by atoms with Gasteiger partial charge in [-0.25, -0.2) is 0 Å². The van der Waals surface area contributed by atoms with Crippen LogP contribution in [0.25, 0.3) is 0 Å². The summed E-state index contributed by atoms with van der Waals surface area (Å²) >= 11 is 0. The predicted octanol–water partition coefficient (Wildman–Crippen LogP) is 3.67. The second-order valence-corrected chi connectivity index (χ2v) is 3.78. The minimum Gasteiger partial charge on any atom is -0.389 e. The zero-order valence-electron chi connectivity index (χ0n) is 9.34. The first-order valence-electron chi connectivity index (χ1n) is 5.56. The number of unbranched alkanes of at least 4 members (excludes halogenated alkanes) is 3. The van der Waals surface area contributed by atoms with Crippen molar-refractivity contribution in [3.8, 4) is 0 Å². The van der Waals surface area contributed by atoms with Gasteiger partial charge in [-0.1, -0.05) is 51.2 Å². The fourth-order valence-electron chi connectivity index (χ4n) is 1.31. The Labute approximate surface area is 82.9 Å². The summed E-state index contributed by atoms with van der Waals surface area (Å²) in [6.45, 7) is 6.41. The maximum Gasteiger partial charge on any atom is 0.0723 e. The molecule has 1 atom stereocenters. The molecule has 0 aliphatic rings. The Morgan fingerprint density at radius 1 is 1.23 bits per heavy atom. The Hall–Kier alpha value is -0.300. The van der Waals surface area contributed by atoms with Crippen LogP contribution in [0.1, 0.15) is 59.3 Å². The third-order valence-corrected chi connectivity index (χ3v) is 2.39. The zero-order chi connectivity index (χ0) is 10.1. The molecule has 13 heavy (non-hydrogen) atoms. The summed E-state index contributed by atoms with van der Waals surface area (Å²) in [5, 5.41) is 9.57. The molecule has 0 aromatic carbocycles. The number of aliphatic hydroxyl groups is 1. The minimum atomic E-state index is -0.211. The zero-order valence-corrected chi connectivity index (χ0v) is 9.34. The molecule has 0 saturated carbocycles. The van der Waals surface area contributed by atoms with E-state index in [0.29, 0.717) is 0 Å². The van der Waals surface area contributed by atoms with Gasteiger partial charge in [-0.2, -0.15) is 0 Å². The van der Waals surface area contributed by atoms with Crippen LogP contribution in [0.5, 0.6) is 0 Å². The van der Waals surface area contributed by atoms with Crippen LogP contribution < -0.4 is 0 Å². The van der Waals surface area contributed by atoms with Gasteiger partial charge in [0.25, 0.3) is 0 Å². The highest BCUT2D eigenvalue weighted by atomic mass is 16.3. The van der Waals surface area contributed by atoms with Gasteiger partial charge in [-0.05, 0) is 19.8 Å². The molecule has 0 rings (SSSR count). The van der Waals surface area contributed by atoms with Crippen LogP contribution in [0.15, 0.2) is 11.6 Å². The Kier molecular flexibility index (Phi) is 8.11. The Bertz CT molecular complexity index is 138. The lowest BCUT2D eigenvalue weighted by Gasteiger charge is -2.06. The molecule has 0 heterocycles. The van der Waals surface area contributed by atoms with Crippen molar-refractivity contribution in [3.05, 3.63) is 11.6 Å². The van der Waals surface area contributed by atoms with E-state index in [9.17, 15) is 5.11 Å². The van der Waals surface area contributed by atoms with Gasteiger partial charge in [-0.3, -0.25) is 0 Å². The molecule has 1 unspecified atom stereocenters. The number of allylic oxidation sites excluding steroid dienone is 1. The summed E-state index contributed by atoms with van der Waals surface area (Å²) in [4.78, 5) is 0. The first-order chi connectivity index (χ1) is 6.20. The first kappa shape index (κ1) is 12.7. The van der Waals surface area contributed by atoms with E-state index in [-0.39, 0.29) is 6.10 Å². The van der Waals surface area contributed by atoms with Crippen molar-refractivity contribution in [3.63, 3.8) is 0 Å². The van der Waals surface area contributed by atoms with Gasteiger partial charge in [0.1, 0.15) is 0 Å². The molecule has 0 aromatic heterocycles. The molecule has 0 radical (unpaired) electrons. The van der Waals surface area contributed by atoms with E-state index in [1.165, 1.54) is 24.8 Å². The quantitative estimate of drug-likeness (QED) is 0.473. The van der Waals surface area contributed by atoms with Gasteiger partial charge in [0, 0.05) is 0 Å². The standard InChI is InChI=1S/C12H24O/c1-4-6-7-8-9-12(13)10-11(3)5-2/h10,12-13H,4-9H2,1-3H3. The normalized spacial score (nSPS) is 14.6. The second-order valence-electron chi connectivity index (χ2n) is 3.78. The third-order valence-electron chi connectivity index (χ3n) is 2.39. The molecule has 0 saturated heterocycles. The van der Waals surface area contributed by atoms with Crippen molar-refractivity contribution in [2.45, 2.75) is 65.4 Å². The third kappa shape index (κ3) is 8.04. The Morgan fingerprint density at radius 3 is 2.46 bits per heavy atom. The van der Waals surface area contributed by atoms with Crippen LogP contribution in [0.2, 0.25) is 0 Å². The molecule has 0 aromatic rings. The Balaban J connectivity index is 3.45. The molecule has 0 amide bonds. The second kappa shape index (κ2) is 8.31. The van der Waals surface area contributed by atoms with Gasteiger partial charge >= 0.3 is 0 Å². The smallest absolute Gasteiger partial charge is 0.0723 e. The summed E-state index contributed by atoms with van der Waals surface area (Å²) in [7, 11) is 0.